The Bertz CT molecular complexity index is 2560. The average Bonchev–Trinajstić information content (AvgIpc) is 4.02. The van der Waals surface area contributed by atoms with Crippen molar-refractivity contribution in [3.63, 3.8) is 0 Å². The smallest absolute Gasteiger partial charge is 0.114 e. The van der Waals surface area contributed by atoms with E-state index in [1.54, 1.807) is 22.3 Å². The Morgan fingerprint density at radius 3 is 1.25 bits per heavy atom. The van der Waals surface area contributed by atoms with E-state index in [0.29, 0.717) is 0 Å². The van der Waals surface area contributed by atoms with Crippen LogP contribution in [0.15, 0.2) is 59.3 Å². The van der Waals surface area contributed by atoms with Gasteiger partial charge in [-0.25, -0.2) is 0 Å². The van der Waals surface area contributed by atoms with Crippen molar-refractivity contribution in [2.75, 3.05) is 0 Å². The summed E-state index contributed by atoms with van der Waals surface area (Å²) in [7, 11) is 0. The highest BCUT2D eigenvalue weighted by atomic mass is 32.1. The molecule has 0 fully saturated rings. The fourth-order valence-corrected chi connectivity index (χ4v) is 13.8. The second-order valence-electron chi connectivity index (χ2n) is 14.6. The van der Waals surface area contributed by atoms with Crippen LogP contribution >= 0.6 is 57.1 Å². The molecule has 0 bridgehead atoms. The van der Waals surface area contributed by atoms with E-state index in [4.69, 9.17) is 8.75 Å². The van der Waals surface area contributed by atoms with Crippen molar-refractivity contribution in [2.24, 2.45) is 0 Å². The first-order valence-electron chi connectivity index (χ1n) is 19.7. The number of nitrogens with zero attached hydrogens (tertiary/aromatic N) is 2. The van der Waals surface area contributed by atoms with Crippen molar-refractivity contribution in [3.8, 4) is 20.9 Å². The molecule has 0 unspecified atom stereocenters. The highest BCUT2D eigenvalue weighted by Crippen LogP contribution is 2.51. The first-order valence-corrected chi connectivity index (χ1v) is 23.8. The molecule has 4 aromatic carbocycles. The van der Waals surface area contributed by atoms with Crippen LogP contribution in [0.2, 0.25) is 0 Å². The van der Waals surface area contributed by atoms with Gasteiger partial charge in [0.25, 0.3) is 0 Å². The summed E-state index contributed by atoms with van der Waals surface area (Å²) in [5.41, 5.74) is 11.0. The van der Waals surface area contributed by atoms with E-state index in [0.717, 1.165) is 23.9 Å². The van der Waals surface area contributed by atoms with Crippen LogP contribution in [0.25, 0.3) is 83.0 Å². The molecule has 0 radical (unpaired) electrons. The molecular formula is C46H46N2S5. The van der Waals surface area contributed by atoms with Gasteiger partial charge < -0.3 is 0 Å². The summed E-state index contributed by atoms with van der Waals surface area (Å²) in [4.78, 5) is 2.63. The molecule has 53 heavy (non-hydrogen) atoms. The van der Waals surface area contributed by atoms with Crippen molar-refractivity contribution in [1.29, 1.82) is 0 Å². The van der Waals surface area contributed by atoms with Gasteiger partial charge in [-0.15, -0.1) is 45.3 Å². The number of aromatic nitrogens is 2. The Labute approximate surface area is 332 Å². The summed E-state index contributed by atoms with van der Waals surface area (Å²) in [5.74, 6) is 0. The average molecular weight is 787 g/mol. The second-order valence-corrected chi connectivity index (χ2v) is 19.1. The number of benzene rings is 4. The zero-order valence-electron chi connectivity index (χ0n) is 31.2. The lowest BCUT2D eigenvalue weighted by atomic mass is 9.93. The van der Waals surface area contributed by atoms with Crippen molar-refractivity contribution >= 4 is 119 Å². The topological polar surface area (TPSA) is 25.8 Å². The maximum Gasteiger partial charge on any atom is 0.114 e. The summed E-state index contributed by atoms with van der Waals surface area (Å²) in [6, 6.07) is 18.8. The largest absolute Gasteiger partial charge is 0.172 e. The van der Waals surface area contributed by atoms with Crippen LogP contribution in [0.1, 0.15) is 101 Å². The van der Waals surface area contributed by atoms with Gasteiger partial charge in [0.15, 0.2) is 0 Å². The van der Waals surface area contributed by atoms with Gasteiger partial charge in [0, 0.05) is 61.2 Å². The summed E-state index contributed by atoms with van der Waals surface area (Å²) in [6.07, 6.45) is 14.4. The Kier molecular flexibility index (Phi) is 10.1. The van der Waals surface area contributed by atoms with E-state index in [9.17, 15) is 0 Å². The predicted molar refractivity (Wildman–Crippen MR) is 242 cm³/mol. The Balaban J connectivity index is 1.30. The van der Waals surface area contributed by atoms with Crippen LogP contribution in [0.4, 0.5) is 0 Å². The van der Waals surface area contributed by atoms with Gasteiger partial charge >= 0.3 is 0 Å². The molecule has 0 amide bonds. The van der Waals surface area contributed by atoms with Crippen LogP contribution in [-0.4, -0.2) is 8.75 Å². The molecule has 0 aliphatic heterocycles. The van der Waals surface area contributed by atoms with Gasteiger partial charge in [0.1, 0.15) is 11.0 Å². The molecule has 2 nitrogen and oxygen atoms in total. The number of hydrogen-bond acceptors (Lipinski definition) is 7. The van der Waals surface area contributed by atoms with Gasteiger partial charge in [-0.2, -0.15) is 8.75 Å². The Hall–Kier alpha value is -3.20. The Morgan fingerprint density at radius 2 is 0.849 bits per heavy atom. The van der Waals surface area contributed by atoms with Gasteiger partial charge in [-0.3, -0.25) is 0 Å². The first-order chi connectivity index (χ1) is 26.2. The molecule has 5 heterocycles. The lowest BCUT2D eigenvalue weighted by molar-refractivity contribution is 0.766. The Morgan fingerprint density at radius 1 is 0.453 bits per heavy atom. The van der Waals surface area contributed by atoms with Crippen LogP contribution in [0.5, 0.6) is 0 Å². The third-order valence-electron chi connectivity index (χ3n) is 11.2. The lowest BCUT2D eigenvalue weighted by Gasteiger charge is -2.13. The molecule has 9 aromatic rings. The van der Waals surface area contributed by atoms with Crippen molar-refractivity contribution in [2.45, 2.75) is 105 Å². The van der Waals surface area contributed by atoms with E-state index in [-0.39, 0.29) is 0 Å². The predicted octanol–water partition coefficient (Wildman–Crippen LogP) is 16.4. The van der Waals surface area contributed by atoms with E-state index in [2.05, 4.69) is 87.0 Å². The minimum absolute atomic E-state index is 1.05. The van der Waals surface area contributed by atoms with Gasteiger partial charge in [-0.05, 0) is 119 Å². The molecule has 0 spiro atoms. The fraction of sp³-hybridized carbons (Fsp3) is 0.348. The zero-order chi connectivity index (χ0) is 36.1. The number of hydrogen-bond donors (Lipinski definition) is 0. The SMILES string of the molecule is CCCCc1c(CCCC)c2sc(-c3c4ccccc4c(-c4cc5c(s4)c(CCCC)c(CCCC)c4sccc45)c4nsnc34)cc2c2ccsc12. The quantitative estimate of drug-likeness (QED) is 0.110. The monoisotopic (exact) mass is 786 g/mol. The third kappa shape index (κ3) is 5.97. The minimum atomic E-state index is 1.05. The van der Waals surface area contributed by atoms with Crippen molar-refractivity contribution < 1.29 is 0 Å². The number of rotatable bonds is 14. The van der Waals surface area contributed by atoms with Crippen molar-refractivity contribution in [3.05, 3.63) is 81.5 Å². The number of fused-ring (bicyclic) bond motifs is 8. The molecule has 0 saturated carbocycles. The van der Waals surface area contributed by atoms with Gasteiger partial charge in [0.05, 0.1) is 11.7 Å². The normalized spacial score (nSPS) is 12.3. The second kappa shape index (κ2) is 15.1. The van der Waals surface area contributed by atoms with Gasteiger partial charge in [0.2, 0.25) is 0 Å². The van der Waals surface area contributed by atoms with E-state index in [1.807, 2.05) is 45.3 Å². The molecule has 0 aliphatic carbocycles. The van der Waals surface area contributed by atoms with Crippen LogP contribution < -0.4 is 0 Å². The number of thiophene rings is 4. The third-order valence-corrected chi connectivity index (χ3v) is 16.1. The van der Waals surface area contributed by atoms with Crippen molar-refractivity contribution in [1.82, 2.24) is 8.75 Å². The lowest BCUT2D eigenvalue weighted by Crippen LogP contribution is -1.96. The molecule has 0 atom stereocenters. The highest BCUT2D eigenvalue weighted by Gasteiger charge is 2.26. The number of aryl methyl sites for hydroxylation is 4. The summed E-state index contributed by atoms with van der Waals surface area (Å²) >= 11 is 9.23. The number of unbranched alkanes of at least 4 members (excludes halogenated alkanes) is 4. The van der Waals surface area contributed by atoms with Crippen LogP contribution in [0, 0.1) is 0 Å². The molecule has 0 N–H and O–H groups in total. The molecule has 0 aliphatic rings. The molecule has 5 aromatic heterocycles. The highest BCUT2D eigenvalue weighted by molar-refractivity contribution is 7.24. The van der Waals surface area contributed by atoms with Gasteiger partial charge in [-0.1, -0.05) is 77.6 Å². The van der Waals surface area contributed by atoms with E-state index >= 15 is 0 Å². The van der Waals surface area contributed by atoms with Crippen LogP contribution in [-0.2, 0) is 25.7 Å². The standard InChI is InChI=1S/C46H46N2S5/c1-5-9-15-29-31(17-11-7-3)45-35(33-21-23-49-43(29)33)25-37(51-45)39-27-19-13-14-20-28(27)40(42-41(39)47-53-48-42)38-26-36-34-22-24-50-44(34)30(16-10-6-2)32(18-12-8-4)46(36)52-38/h13-14,19-26H,5-12,15-18H2,1-4H3. The summed E-state index contributed by atoms with van der Waals surface area (Å²) < 4.78 is 16.2. The molecule has 7 heteroatoms. The fourth-order valence-electron chi connectivity index (χ4n) is 8.60. The molecular weight excluding hydrogens is 741 g/mol. The summed E-state index contributed by atoms with van der Waals surface area (Å²) in [5, 5.41) is 12.9. The maximum atomic E-state index is 5.13. The summed E-state index contributed by atoms with van der Waals surface area (Å²) in [6.45, 7) is 9.28. The molecule has 9 rings (SSSR count). The minimum Gasteiger partial charge on any atom is -0.172 e. The van der Waals surface area contributed by atoms with Crippen LogP contribution in [0.3, 0.4) is 0 Å². The maximum absolute atomic E-state index is 5.13. The molecule has 0 saturated heterocycles. The first kappa shape index (κ1) is 35.5. The molecule has 270 valence electrons. The van der Waals surface area contributed by atoms with E-state index < -0.39 is 0 Å². The van der Waals surface area contributed by atoms with E-state index in [1.165, 1.54) is 148 Å². The zero-order valence-corrected chi connectivity index (χ0v) is 35.3.